The van der Waals surface area contributed by atoms with Crippen LogP contribution in [0.4, 0.5) is 11.4 Å². The van der Waals surface area contributed by atoms with Crippen molar-refractivity contribution < 1.29 is 0 Å². The summed E-state index contributed by atoms with van der Waals surface area (Å²) >= 11 is 3.44. The van der Waals surface area contributed by atoms with E-state index in [4.69, 9.17) is 16.9 Å². The summed E-state index contributed by atoms with van der Waals surface area (Å²) in [4.78, 5) is 0. The predicted octanol–water partition coefficient (Wildman–Crippen LogP) is 4.52. The number of anilines is 2. The van der Waals surface area contributed by atoms with Gasteiger partial charge in [-0.1, -0.05) is 30.3 Å². The van der Waals surface area contributed by atoms with Crippen LogP contribution in [-0.2, 0) is 0 Å². The number of nitrogens with one attached hydrogen (secondary N) is 1. The molecule has 1 aliphatic rings. The fourth-order valence-electron chi connectivity index (χ4n) is 2.47. The number of rotatable bonds is 2. The number of halogens is 1. The van der Waals surface area contributed by atoms with Gasteiger partial charge in [-0.15, -0.1) is 0 Å². The molecule has 3 nitrogen and oxygen atoms in total. The first-order valence-electron chi connectivity index (χ1n) is 7.15. The van der Waals surface area contributed by atoms with E-state index in [-0.39, 0.29) is 0 Å². The summed E-state index contributed by atoms with van der Waals surface area (Å²) < 4.78 is 0.762. The summed E-state index contributed by atoms with van der Waals surface area (Å²) in [5, 5.41) is 7.83. The van der Waals surface area contributed by atoms with Gasteiger partial charge in [-0.2, -0.15) is 0 Å². The molecule has 0 atom stereocenters. The Bertz CT molecular complexity index is 794. The summed E-state index contributed by atoms with van der Waals surface area (Å²) in [6, 6.07) is 15.6. The van der Waals surface area contributed by atoms with Crippen LogP contribution in [-0.4, -0.2) is 5.71 Å². The molecule has 0 saturated carbocycles. The number of allylic oxidation sites excluding steroid dienone is 5. The average Bonchev–Trinajstić information content (AvgIpc) is 2.55. The Morgan fingerprint density at radius 2 is 1.26 bits per heavy atom. The van der Waals surface area contributed by atoms with Gasteiger partial charge in [-0.25, -0.2) is 0 Å². The van der Waals surface area contributed by atoms with Crippen molar-refractivity contribution in [2.24, 2.45) is 0 Å². The van der Waals surface area contributed by atoms with E-state index in [1.54, 1.807) is 6.08 Å². The molecule has 0 radical (unpaired) electrons. The Morgan fingerprint density at radius 3 is 1.70 bits per heavy atom. The summed E-state index contributed by atoms with van der Waals surface area (Å²) in [6.07, 6.45) is 5.70. The van der Waals surface area contributed by atoms with Crippen molar-refractivity contribution in [3.05, 3.63) is 87.9 Å². The standard InChI is InChI=1S/C19H16BrN3/c20-17-11-14(5-10-18(17)23)19(12-1-6-15(21)7-2-12)13-3-8-16(22)9-4-13/h1-11,23H,21-22H2. The maximum atomic E-state index is 7.83. The van der Waals surface area contributed by atoms with Gasteiger partial charge in [-0.05, 0) is 74.6 Å². The second-order valence-electron chi connectivity index (χ2n) is 5.31. The molecule has 114 valence electrons. The zero-order valence-electron chi connectivity index (χ0n) is 12.4. The summed E-state index contributed by atoms with van der Waals surface area (Å²) in [7, 11) is 0. The predicted molar refractivity (Wildman–Crippen MR) is 102 cm³/mol. The van der Waals surface area contributed by atoms with Crippen LogP contribution in [0.1, 0.15) is 11.1 Å². The van der Waals surface area contributed by atoms with E-state index in [0.29, 0.717) is 5.71 Å². The molecule has 0 bridgehead atoms. The molecule has 0 aliphatic heterocycles. The number of nitrogen functional groups attached to an aromatic ring is 2. The molecular formula is C19H16BrN3. The molecule has 0 spiro atoms. The largest absolute Gasteiger partial charge is 0.399 e. The molecule has 4 heteroatoms. The molecule has 0 fully saturated rings. The van der Waals surface area contributed by atoms with E-state index in [1.165, 1.54) is 0 Å². The van der Waals surface area contributed by atoms with Gasteiger partial charge in [0.2, 0.25) is 0 Å². The third-order valence-electron chi connectivity index (χ3n) is 3.66. The molecule has 0 saturated heterocycles. The van der Waals surface area contributed by atoms with Crippen LogP contribution < -0.4 is 11.5 Å². The van der Waals surface area contributed by atoms with Gasteiger partial charge in [0.15, 0.2) is 0 Å². The van der Waals surface area contributed by atoms with Gasteiger partial charge < -0.3 is 11.5 Å². The summed E-state index contributed by atoms with van der Waals surface area (Å²) in [5.41, 5.74) is 17.8. The maximum absolute atomic E-state index is 7.83. The smallest absolute Gasteiger partial charge is 0.0682 e. The first-order chi connectivity index (χ1) is 11.0. The van der Waals surface area contributed by atoms with Gasteiger partial charge in [0, 0.05) is 15.9 Å². The van der Waals surface area contributed by atoms with E-state index >= 15 is 0 Å². The molecule has 2 aromatic carbocycles. The molecule has 0 heterocycles. The third kappa shape index (κ3) is 3.27. The molecule has 0 amide bonds. The Kier molecular flexibility index (Phi) is 4.17. The van der Waals surface area contributed by atoms with Gasteiger partial charge in [0.1, 0.15) is 0 Å². The zero-order valence-corrected chi connectivity index (χ0v) is 14.0. The van der Waals surface area contributed by atoms with E-state index in [1.807, 2.05) is 60.7 Å². The molecule has 2 aromatic rings. The number of nitrogens with two attached hydrogens (primary N) is 2. The summed E-state index contributed by atoms with van der Waals surface area (Å²) in [5.74, 6) is 0. The minimum atomic E-state index is 0.461. The van der Waals surface area contributed by atoms with Crippen LogP contribution >= 0.6 is 15.9 Å². The minimum Gasteiger partial charge on any atom is -0.399 e. The lowest BCUT2D eigenvalue weighted by Crippen LogP contribution is -2.00. The Hall–Kier alpha value is -2.59. The molecule has 3 rings (SSSR count). The second kappa shape index (κ2) is 6.26. The molecule has 1 aliphatic carbocycles. The number of hydrogen-bond acceptors (Lipinski definition) is 3. The highest BCUT2D eigenvalue weighted by Gasteiger charge is 2.13. The highest BCUT2D eigenvalue weighted by Crippen LogP contribution is 2.32. The molecule has 0 unspecified atom stereocenters. The third-order valence-corrected chi connectivity index (χ3v) is 4.31. The van der Waals surface area contributed by atoms with Crippen LogP contribution in [0.25, 0.3) is 5.57 Å². The first-order valence-corrected chi connectivity index (χ1v) is 7.94. The van der Waals surface area contributed by atoms with E-state index in [9.17, 15) is 0 Å². The lowest BCUT2D eigenvalue weighted by Gasteiger charge is -2.15. The van der Waals surface area contributed by atoms with Gasteiger partial charge in [0.05, 0.1) is 5.71 Å². The van der Waals surface area contributed by atoms with Crippen LogP contribution in [0.15, 0.2) is 76.8 Å². The van der Waals surface area contributed by atoms with E-state index < -0.39 is 0 Å². The maximum Gasteiger partial charge on any atom is 0.0682 e. The van der Waals surface area contributed by atoms with Crippen LogP contribution in [0, 0.1) is 5.41 Å². The highest BCUT2D eigenvalue weighted by atomic mass is 79.9. The summed E-state index contributed by atoms with van der Waals surface area (Å²) in [6.45, 7) is 0. The van der Waals surface area contributed by atoms with E-state index in [0.717, 1.165) is 38.1 Å². The van der Waals surface area contributed by atoms with Gasteiger partial charge in [0.25, 0.3) is 0 Å². The van der Waals surface area contributed by atoms with Crippen molar-refractivity contribution in [1.29, 1.82) is 5.41 Å². The quantitative estimate of drug-likeness (QED) is 0.684. The zero-order chi connectivity index (χ0) is 16.4. The topological polar surface area (TPSA) is 75.9 Å². The lowest BCUT2D eigenvalue weighted by atomic mass is 9.90. The van der Waals surface area contributed by atoms with Crippen molar-refractivity contribution in [3.63, 3.8) is 0 Å². The average molecular weight is 366 g/mol. The minimum absolute atomic E-state index is 0.461. The fourth-order valence-corrected chi connectivity index (χ4v) is 2.85. The van der Waals surface area contributed by atoms with Crippen LogP contribution in [0.5, 0.6) is 0 Å². The fraction of sp³-hybridized carbons (Fsp3) is 0. The molecule has 23 heavy (non-hydrogen) atoms. The van der Waals surface area contributed by atoms with Crippen molar-refractivity contribution in [2.45, 2.75) is 0 Å². The Balaban J connectivity index is 2.22. The number of benzene rings is 2. The monoisotopic (exact) mass is 365 g/mol. The number of hydrogen-bond donors (Lipinski definition) is 3. The van der Waals surface area contributed by atoms with E-state index in [2.05, 4.69) is 15.9 Å². The highest BCUT2D eigenvalue weighted by molar-refractivity contribution is 9.12. The molecule has 0 aromatic heterocycles. The normalized spacial score (nSPS) is 13.9. The Labute approximate surface area is 143 Å². The lowest BCUT2D eigenvalue weighted by molar-refractivity contribution is 1.48. The SMILES string of the molecule is N=C1C=CC(=C(c2ccc(N)cc2)c2ccc(N)cc2)C=C1Br. The Morgan fingerprint density at radius 1 is 0.783 bits per heavy atom. The molecule has 5 N–H and O–H groups in total. The van der Waals surface area contributed by atoms with Crippen molar-refractivity contribution in [2.75, 3.05) is 11.5 Å². The van der Waals surface area contributed by atoms with Crippen molar-refractivity contribution >= 4 is 38.6 Å². The second-order valence-corrected chi connectivity index (χ2v) is 6.17. The first kappa shape index (κ1) is 15.3. The molecular weight excluding hydrogens is 350 g/mol. The van der Waals surface area contributed by atoms with Crippen LogP contribution in [0.2, 0.25) is 0 Å². The van der Waals surface area contributed by atoms with Gasteiger partial charge in [-0.3, -0.25) is 5.41 Å². The van der Waals surface area contributed by atoms with Crippen molar-refractivity contribution in [3.8, 4) is 0 Å². The van der Waals surface area contributed by atoms with Gasteiger partial charge >= 0.3 is 0 Å². The van der Waals surface area contributed by atoms with Crippen LogP contribution in [0.3, 0.4) is 0 Å². The van der Waals surface area contributed by atoms with Crippen molar-refractivity contribution in [1.82, 2.24) is 0 Å².